The number of benzene rings is 6. The van der Waals surface area contributed by atoms with Crippen LogP contribution < -0.4 is 9.55 Å². The molecule has 1 aliphatic rings. The first-order valence-corrected chi connectivity index (χ1v) is 23.3. The van der Waals surface area contributed by atoms with Crippen molar-refractivity contribution >= 4 is 29.5 Å². The molecular weight excluding hydrogens is 991 g/mol. The molecule has 0 bridgehead atoms. The standard InChI is InChI=1S/C57H55BN6O.Pt/c1-9-30-58-63(54-32-39(2)29-31-59-54)51-36-45(27-28-46(51)52-37-53(57(6,7)8)60-64(52)58)65-44-24-18-23-43(35-44)61-38-62(50-26-17-16-25-49(50)61)55-47(40-19-12-10-13-20-40)33-42(56(3,4)5)34-48(55)41-21-14-11-15-22-41;/h10-29,31-37H,9,30H2,1-8H3;/i10D,11D,12D,13D,14D,15D,19D,20D,21D,22D;. The van der Waals surface area contributed by atoms with Gasteiger partial charge in [-0.1, -0.05) is 34.1 Å². The number of nitrogens with zero attached hydrogens (tertiary/aromatic N) is 6. The van der Waals surface area contributed by atoms with E-state index in [0.29, 0.717) is 37.6 Å². The zero-order chi connectivity index (χ0) is 54.6. The van der Waals surface area contributed by atoms with E-state index in [9.17, 15) is 5.48 Å². The Hall–Kier alpha value is -6.50. The Labute approximate surface area is 414 Å². The third-order valence-electron chi connectivity index (χ3n) is 12.0. The van der Waals surface area contributed by atoms with Crippen LogP contribution in [0.15, 0.2) is 164 Å². The van der Waals surface area contributed by atoms with Gasteiger partial charge in [-0.3, -0.25) is 0 Å². The van der Waals surface area contributed by atoms with Gasteiger partial charge in [0.2, 0.25) is 0 Å². The molecular formula is C57H55BN6OPt. The van der Waals surface area contributed by atoms with Crippen molar-refractivity contribution in [2.75, 3.05) is 4.81 Å². The van der Waals surface area contributed by atoms with Crippen LogP contribution in [0.1, 0.15) is 85.4 Å². The van der Waals surface area contributed by atoms with Crippen LogP contribution in [0.2, 0.25) is 6.32 Å². The number of aromatic nitrogens is 5. The SMILES string of the molecule is [2H]c1c([2H])c([2H])c(-c2cc(C(C)(C)C)cc(-c3c([2H])c([2H])c([2H])c([2H])c3[2H])c2-n2[c](=[Pt])n(-c3cccc(Oc4ccc5c(c4)N(c4cc(C)ccn4)B(CCC)n4nc(C(C)(C)C)cc4-5)c3)c3ccccc32)c([2H])c1[2H]. The fourth-order valence-electron chi connectivity index (χ4n) is 8.74. The van der Waals surface area contributed by atoms with Crippen molar-refractivity contribution in [1.29, 1.82) is 0 Å². The number of imidazole rings is 1. The van der Waals surface area contributed by atoms with Gasteiger partial charge in [0, 0.05) is 11.6 Å². The Morgan fingerprint density at radius 1 is 0.682 bits per heavy atom. The van der Waals surface area contributed by atoms with Crippen molar-refractivity contribution in [3.8, 4) is 56.4 Å². The molecule has 0 unspecified atom stereocenters. The molecule has 4 heterocycles. The van der Waals surface area contributed by atoms with Gasteiger partial charge in [-0.05, 0) is 18.6 Å². The summed E-state index contributed by atoms with van der Waals surface area (Å²) in [5.41, 5.74) is 7.41. The number of rotatable bonds is 9. The number of hydrogen-bond donors (Lipinski definition) is 0. The number of aryl methyl sites for hydroxylation is 1. The topological polar surface area (TPSA) is 53.0 Å². The van der Waals surface area contributed by atoms with E-state index >= 15 is 0 Å². The van der Waals surface area contributed by atoms with Crippen LogP contribution in [-0.4, -0.2) is 30.8 Å². The summed E-state index contributed by atoms with van der Waals surface area (Å²) in [4.78, 5) is 7.15. The Balaban J connectivity index is 1.19. The molecule has 0 spiro atoms. The molecule has 66 heavy (non-hydrogen) atoms. The van der Waals surface area contributed by atoms with Crippen molar-refractivity contribution in [2.24, 2.45) is 0 Å². The van der Waals surface area contributed by atoms with Gasteiger partial charge in [0.05, 0.1) is 5.69 Å². The Morgan fingerprint density at radius 2 is 1.33 bits per heavy atom. The number of hydrogen-bond acceptors (Lipinski definition) is 4. The number of fused-ring (bicyclic) bond motifs is 4. The molecule has 10 rings (SSSR count). The first-order chi connectivity index (χ1) is 35.9. The van der Waals surface area contributed by atoms with Crippen molar-refractivity contribution < 1.29 is 37.8 Å². The molecule has 0 N–H and O–H groups in total. The summed E-state index contributed by atoms with van der Waals surface area (Å²) < 4.78 is 103. The summed E-state index contributed by atoms with van der Waals surface area (Å²) in [6.45, 7) is 16.5. The van der Waals surface area contributed by atoms with Gasteiger partial charge in [-0.2, -0.15) is 5.10 Å². The molecule has 0 radical (unpaired) electrons. The first-order valence-electron chi connectivity index (χ1n) is 27.2. The minimum absolute atomic E-state index is 0.0987. The summed E-state index contributed by atoms with van der Waals surface area (Å²) in [6.07, 6.45) is 3.57. The van der Waals surface area contributed by atoms with Gasteiger partial charge >= 0.3 is 341 Å². The van der Waals surface area contributed by atoms with Crippen LogP contribution in [-0.2, 0) is 30.2 Å². The maximum absolute atomic E-state index is 9.31. The van der Waals surface area contributed by atoms with Crippen LogP contribution in [0.3, 0.4) is 0 Å². The average molecular weight is 1060 g/mol. The Bertz CT molecular complexity index is 3780. The monoisotopic (exact) mass is 1060 g/mol. The van der Waals surface area contributed by atoms with E-state index < -0.39 is 65.8 Å². The fraction of sp³-hybridized carbons (Fsp3) is 0.211. The van der Waals surface area contributed by atoms with Crippen LogP contribution >= 0.6 is 0 Å². The second kappa shape index (κ2) is 17.1. The van der Waals surface area contributed by atoms with E-state index in [2.05, 4.69) is 87.6 Å². The van der Waals surface area contributed by atoms with E-state index in [4.69, 9.17) is 23.0 Å². The molecule has 6 aromatic carbocycles. The van der Waals surface area contributed by atoms with Crippen molar-refractivity contribution in [3.05, 3.63) is 184 Å². The van der Waals surface area contributed by atoms with Gasteiger partial charge in [-0.25, -0.2) is 0 Å². The van der Waals surface area contributed by atoms with Crippen molar-refractivity contribution in [2.45, 2.75) is 79.0 Å². The zero-order valence-corrected chi connectivity index (χ0v) is 40.5. The molecule has 0 saturated heterocycles. The number of pyridine rings is 1. The van der Waals surface area contributed by atoms with Gasteiger partial charge < -0.3 is 0 Å². The molecule has 0 fully saturated rings. The fourth-order valence-corrected chi connectivity index (χ4v) is 9.83. The molecule has 1 aliphatic heterocycles. The molecule has 0 amide bonds. The number of anilines is 2. The minimum atomic E-state index is -0.627. The summed E-state index contributed by atoms with van der Waals surface area (Å²) in [6, 6.07) is 26.2. The zero-order valence-electron chi connectivity index (χ0n) is 48.2. The third kappa shape index (κ3) is 7.89. The molecule has 7 nitrogen and oxygen atoms in total. The molecule has 332 valence electrons. The van der Waals surface area contributed by atoms with Crippen LogP contribution in [0.4, 0.5) is 11.5 Å². The Morgan fingerprint density at radius 3 is 1.95 bits per heavy atom. The molecule has 0 saturated carbocycles. The summed E-state index contributed by atoms with van der Waals surface area (Å²) >= 11 is 2.20. The van der Waals surface area contributed by atoms with Gasteiger partial charge in [0.1, 0.15) is 0 Å². The molecule has 0 aliphatic carbocycles. The molecule has 9 aromatic rings. The van der Waals surface area contributed by atoms with Crippen molar-refractivity contribution in [1.82, 2.24) is 23.8 Å². The van der Waals surface area contributed by atoms with Gasteiger partial charge in [-0.15, -0.1) is 0 Å². The average Bonchev–Trinajstić information content (AvgIpc) is 4.03. The van der Waals surface area contributed by atoms with E-state index in [1.54, 1.807) is 12.1 Å². The first kappa shape index (κ1) is 33.0. The summed E-state index contributed by atoms with van der Waals surface area (Å²) in [5, 5.41) is 5.22. The third-order valence-corrected chi connectivity index (χ3v) is 13.1. The summed E-state index contributed by atoms with van der Waals surface area (Å²) in [7, 11) is 0. The van der Waals surface area contributed by atoms with Gasteiger partial charge in [0.15, 0.2) is 0 Å². The van der Waals surface area contributed by atoms with E-state index in [-0.39, 0.29) is 40.3 Å². The summed E-state index contributed by atoms with van der Waals surface area (Å²) in [5.74, 6) is 1.94. The van der Waals surface area contributed by atoms with Crippen LogP contribution in [0.5, 0.6) is 11.5 Å². The molecule has 9 heteroatoms. The second-order valence-electron chi connectivity index (χ2n) is 18.8. The molecule has 0 atom stereocenters. The maximum atomic E-state index is 9.31. The molecule has 3 aromatic heterocycles. The Kier molecular flexibility index (Phi) is 8.54. The predicted molar refractivity (Wildman–Crippen MR) is 269 cm³/mol. The number of para-hydroxylation sites is 2. The second-order valence-corrected chi connectivity index (χ2v) is 19.8. The van der Waals surface area contributed by atoms with E-state index in [1.807, 2.05) is 96.8 Å². The number of ether oxygens (including phenoxy) is 1. The van der Waals surface area contributed by atoms with Crippen LogP contribution in [0.25, 0.3) is 55.9 Å². The van der Waals surface area contributed by atoms with E-state index in [0.717, 1.165) is 46.8 Å². The quantitative estimate of drug-likeness (QED) is 0.135. The van der Waals surface area contributed by atoms with Crippen LogP contribution in [0, 0.1) is 10.7 Å². The van der Waals surface area contributed by atoms with Crippen molar-refractivity contribution in [3.63, 3.8) is 0 Å². The van der Waals surface area contributed by atoms with Gasteiger partial charge in [0.25, 0.3) is 0 Å². The normalized spacial score (nSPS) is 14.8. The van der Waals surface area contributed by atoms with E-state index in [1.165, 1.54) is 0 Å². The predicted octanol–water partition coefficient (Wildman–Crippen LogP) is 14.7.